The first kappa shape index (κ1) is 36.8. The number of amides is 3. The Kier molecular flexibility index (Phi) is 10.3. The fourth-order valence-corrected chi connectivity index (χ4v) is 8.71. The van der Waals surface area contributed by atoms with Crippen molar-refractivity contribution in [2.24, 2.45) is 23.2 Å². The second kappa shape index (κ2) is 13.7. The number of likely N-dealkylation sites (tertiary alicyclic amines) is 1. The maximum Gasteiger partial charge on any atom is 0.313 e. The van der Waals surface area contributed by atoms with Gasteiger partial charge in [-0.15, -0.1) is 0 Å². The molecule has 1 aromatic rings. The highest BCUT2D eigenvalue weighted by molar-refractivity contribution is 5.99. The van der Waals surface area contributed by atoms with Gasteiger partial charge in [-0.05, 0) is 50.5 Å². The van der Waals surface area contributed by atoms with E-state index in [0.29, 0.717) is 12.8 Å². The van der Waals surface area contributed by atoms with Gasteiger partial charge in [-0.25, -0.2) is 0 Å². The zero-order chi connectivity index (χ0) is 36.1. The quantitative estimate of drug-likeness (QED) is 0.344. The fourth-order valence-electron chi connectivity index (χ4n) is 8.71. The van der Waals surface area contributed by atoms with Gasteiger partial charge in [-0.1, -0.05) is 89.3 Å². The first-order valence-electron chi connectivity index (χ1n) is 17.7. The second-order valence-electron chi connectivity index (χ2n) is 16.5. The Labute approximate surface area is 291 Å². The molecular formula is C39H55N3O7. The number of rotatable bonds is 6. The van der Waals surface area contributed by atoms with Gasteiger partial charge in [0, 0.05) is 25.6 Å². The lowest BCUT2D eigenvalue weighted by Gasteiger charge is -2.46. The van der Waals surface area contributed by atoms with E-state index in [4.69, 9.17) is 9.47 Å². The normalized spacial score (nSPS) is 32.6. The van der Waals surface area contributed by atoms with Crippen molar-refractivity contribution in [3.05, 3.63) is 60.2 Å². The minimum atomic E-state index is -1.42. The third-order valence-electron chi connectivity index (χ3n) is 10.9. The van der Waals surface area contributed by atoms with Gasteiger partial charge in [0.25, 0.3) is 0 Å². The lowest BCUT2D eigenvalue weighted by molar-refractivity contribution is -0.165. The van der Waals surface area contributed by atoms with Crippen molar-refractivity contribution in [3.63, 3.8) is 0 Å². The number of hydrogen-bond donors (Lipinski definition) is 1. The second-order valence-corrected chi connectivity index (χ2v) is 16.5. The average Bonchev–Trinajstić information content (AvgIpc) is 3.67. The number of aliphatic hydroxyl groups is 1. The summed E-state index contributed by atoms with van der Waals surface area (Å²) in [4.78, 5) is 62.8. The molecule has 1 N–H and O–H groups in total. The summed E-state index contributed by atoms with van der Waals surface area (Å²) < 4.78 is 13.0. The molecule has 49 heavy (non-hydrogen) atoms. The summed E-state index contributed by atoms with van der Waals surface area (Å²) in [5.41, 5.74) is -1.47. The van der Waals surface area contributed by atoms with Gasteiger partial charge >= 0.3 is 5.97 Å². The average molecular weight is 678 g/mol. The van der Waals surface area contributed by atoms with Gasteiger partial charge < -0.3 is 29.3 Å². The molecule has 1 spiro atoms. The molecule has 268 valence electrons. The highest BCUT2D eigenvalue weighted by Gasteiger charge is 2.74. The summed E-state index contributed by atoms with van der Waals surface area (Å²) in [5, 5.41) is 10.7. The predicted octanol–water partition coefficient (Wildman–Crippen LogP) is 4.68. The highest BCUT2D eigenvalue weighted by atomic mass is 16.6. The number of hydrogen-bond acceptors (Lipinski definition) is 7. The van der Waals surface area contributed by atoms with Crippen LogP contribution in [-0.2, 0) is 28.7 Å². The molecule has 0 aliphatic carbocycles. The fraction of sp³-hybridized carbons (Fsp3) is 0.641. The van der Waals surface area contributed by atoms with Crippen LogP contribution in [0.3, 0.4) is 0 Å². The summed E-state index contributed by atoms with van der Waals surface area (Å²) in [6.07, 6.45) is 7.21. The summed E-state index contributed by atoms with van der Waals surface area (Å²) >= 11 is 0. The number of likely N-dealkylation sites (N-methyl/N-ethyl adjacent to an activating group) is 1. The third kappa shape index (κ3) is 6.70. The minimum absolute atomic E-state index is 0.0989. The van der Waals surface area contributed by atoms with Crippen LogP contribution in [0.1, 0.15) is 86.3 Å². The van der Waals surface area contributed by atoms with E-state index in [1.54, 1.807) is 29.0 Å². The molecule has 0 aromatic heterocycles. The Morgan fingerprint density at radius 1 is 1.00 bits per heavy atom. The topological polar surface area (TPSA) is 117 Å². The lowest BCUT2D eigenvalue weighted by Crippen LogP contribution is -2.63. The van der Waals surface area contributed by atoms with Crippen LogP contribution >= 0.6 is 0 Å². The van der Waals surface area contributed by atoms with Crippen molar-refractivity contribution in [1.82, 2.24) is 14.7 Å². The Hall–Kier alpha value is -3.50. The molecule has 0 unspecified atom stereocenters. The molecule has 0 radical (unpaired) electrons. The van der Waals surface area contributed by atoms with Gasteiger partial charge in [-0.3, -0.25) is 19.2 Å². The molecule has 0 saturated carbocycles. The molecule has 2 fully saturated rings. The van der Waals surface area contributed by atoms with Gasteiger partial charge in [0.1, 0.15) is 23.7 Å². The van der Waals surface area contributed by atoms with Crippen LogP contribution in [0, 0.1) is 23.2 Å². The summed E-state index contributed by atoms with van der Waals surface area (Å²) in [6.45, 7) is 16.0. The van der Waals surface area contributed by atoms with Crippen LogP contribution in [0.15, 0.2) is 54.6 Å². The molecule has 3 amide bonds. The predicted molar refractivity (Wildman–Crippen MR) is 186 cm³/mol. The number of benzene rings is 1. The van der Waals surface area contributed by atoms with Gasteiger partial charge in [0.15, 0.2) is 0 Å². The molecule has 8 atom stereocenters. The molecule has 5 bridgehead atoms. The summed E-state index contributed by atoms with van der Waals surface area (Å²) in [6, 6.07) is 6.99. The Bertz CT molecular complexity index is 1480. The number of esters is 1. The molecule has 4 aliphatic rings. The van der Waals surface area contributed by atoms with E-state index in [1.807, 2.05) is 77.1 Å². The van der Waals surface area contributed by atoms with Crippen LogP contribution < -0.4 is 0 Å². The molecule has 2 saturated heterocycles. The van der Waals surface area contributed by atoms with E-state index in [-0.39, 0.29) is 42.7 Å². The first-order valence-corrected chi connectivity index (χ1v) is 17.7. The van der Waals surface area contributed by atoms with Crippen LogP contribution in [0.5, 0.6) is 0 Å². The molecule has 10 nitrogen and oxygen atoms in total. The van der Waals surface area contributed by atoms with Crippen LogP contribution in [0.4, 0.5) is 0 Å². The number of allylic oxidation sites excluding steroid dienone is 1. The van der Waals surface area contributed by atoms with Crippen molar-refractivity contribution in [3.8, 4) is 0 Å². The molecule has 10 heteroatoms. The number of carbonyl (C=O) groups excluding carboxylic acids is 4. The number of nitrogens with zero attached hydrogens (tertiary/aromatic N) is 3. The van der Waals surface area contributed by atoms with Gasteiger partial charge in [0.05, 0.1) is 30.7 Å². The number of ether oxygens (including phenoxy) is 2. The van der Waals surface area contributed by atoms with E-state index in [9.17, 15) is 19.5 Å². The zero-order valence-corrected chi connectivity index (χ0v) is 30.6. The Morgan fingerprint density at radius 2 is 1.67 bits per heavy atom. The maximum atomic E-state index is 15.2. The largest absolute Gasteiger partial charge is 0.455 e. The summed E-state index contributed by atoms with van der Waals surface area (Å²) in [7, 11) is 1.71. The van der Waals surface area contributed by atoms with Crippen molar-refractivity contribution in [2.75, 3.05) is 20.2 Å². The van der Waals surface area contributed by atoms with E-state index < -0.39 is 65.2 Å². The van der Waals surface area contributed by atoms with E-state index in [0.717, 1.165) is 5.56 Å². The van der Waals surface area contributed by atoms with Crippen molar-refractivity contribution >= 4 is 23.7 Å². The van der Waals surface area contributed by atoms with Crippen molar-refractivity contribution < 1.29 is 33.8 Å². The third-order valence-corrected chi connectivity index (χ3v) is 10.9. The molecular weight excluding hydrogens is 622 g/mol. The molecule has 4 heterocycles. The first-order chi connectivity index (χ1) is 22.9. The SMILES string of the molecule is CC(C)[C@H](CO)N1C(=O)[C@H]2[C@@H]3C(=O)O[C@H](c4ccccc4)[C@@H](C)N(C)C(=O)CC/C=C\CN(C(C)(C)CC(C)(C)C)C(=O)[C@H]1[C@@]21C=C[C@@H]3O1. The van der Waals surface area contributed by atoms with Gasteiger partial charge in [-0.2, -0.15) is 0 Å². The van der Waals surface area contributed by atoms with Gasteiger partial charge in [0.2, 0.25) is 17.7 Å². The zero-order valence-electron chi connectivity index (χ0n) is 30.6. The van der Waals surface area contributed by atoms with E-state index in [1.165, 1.54) is 4.90 Å². The summed E-state index contributed by atoms with van der Waals surface area (Å²) in [5.74, 6) is -3.65. The van der Waals surface area contributed by atoms with Crippen LogP contribution in [-0.4, -0.2) is 99.1 Å². The van der Waals surface area contributed by atoms with E-state index >= 15 is 4.79 Å². The highest BCUT2D eigenvalue weighted by Crippen LogP contribution is 2.57. The van der Waals surface area contributed by atoms with E-state index in [2.05, 4.69) is 20.8 Å². The number of cyclic esters (lactones) is 1. The van der Waals surface area contributed by atoms with Crippen LogP contribution in [0.25, 0.3) is 0 Å². The molecule has 4 aliphatic heterocycles. The monoisotopic (exact) mass is 677 g/mol. The standard InChI is InChI=1S/C39H55N3O7/c1-24(2)27(22-43)42-33-35(46)41(38(7,8)23-37(4,5)6)21-15-11-14-18-29(44)40(9)25(3)32(26-16-12-10-13-17-26)48-36(47)30-28-19-20-39(33,49-28)31(30)34(42)45/h10-13,15-17,19-20,24-25,27-28,30-33,43H,14,18,21-23H2,1-9H3/b15-11-/t25-,27+,28+,30-,31-,32+,33+,39-/m1/s1. The van der Waals surface area contributed by atoms with Crippen molar-refractivity contribution in [1.29, 1.82) is 0 Å². The van der Waals surface area contributed by atoms with Crippen molar-refractivity contribution in [2.45, 2.75) is 116 Å². The lowest BCUT2D eigenvalue weighted by atomic mass is 9.74. The number of fused-ring (bicyclic) bond motifs is 2. The molecule has 5 rings (SSSR count). The smallest absolute Gasteiger partial charge is 0.313 e. The Morgan fingerprint density at radius 3 is 2.29 bits per heavy atom. The van der Waals surface area contributed by atoms with Crippen LogP contribution in [0.2, 0.25) is 0 Å². The number of carbonyl (C=O) groups is 4. The molecule has 1 aromatic carbocycles. The number of aliphatic hydroxyl groups excluding tert-OH is 1. The minimum Gasteiger partial charge on any atom is -0.455 e. The maximum absolute atomic E-state index is 15.2. The Balaban J connectivity index is 1.67.